The SMILES string of the molecule is COC(=O)C(OC(C)=O)P(=O)(O)O. The van der Waals surface area contributed by atoms with E-state index in [1.54, 1.807) is 0 Å². The summed E-state index contributed by atoms with van der Waals surface area (Å²) in [6.07, 6.45) is 0. The minimum Gasteiger partial charge on any atom is -0.466 e. The molecule has 0 bridgehead atoms. The van der Waals surface area contributed by atoms with Crippen LogP contribution in [0.4, 0.5) is 0 Å². The van der Waals surface area contributed by atoms with Crippen molar-refractivity contribution in [3.05, 3.63) is 0 Å². The van der Waals surface area contributed by atoms with E-state index in [-0.39, 0.29) is 0 Å². The quantitative estimate of drug-likeness (QED) is 0.466. The summed E-state index contributed by atoms with van der Waals surface area (Å²) in [4.78, 5) is 38.2. The van der Waals surface area contributed by atoms with Crippen LogP contribution in [0.1, 0.15) is 6.92 Å². The summed E-state index contributed by atoms with van der Waals surface area (Å²) in [5.41, 5.74) is 0. The first-order chi connectivity index (χ1) is 5.79. The van der Waals surface area contributed by atoms with Gasteiger partial charge in [0.25, 0.3) is 5.85 Å². The average molecular weight is 212 g/mol. The second-order valence-electron chi connectivity index (χ2n) is 2.07. The van der Waals surface area contributed by atoms with E-state index in [9.17, 15) is 14.2 Å². The highest BCUT2D eigenvalue weighted by Crippen LogP contribution is 2.42. The Morgan fingerprint density at radius 3 is 2.08 bits per heavy atom. The van der Waals surface area contributed by atoms with E-state index in [0.29, 0.717) is 0 Å². The normalized spacial score (nSPS) is 13.2. The maximum Gasteiger partial charge on any atom is 0.377 e. The molecule has 0 aliphatic carbocycles. The van der Waals surface area contributed by atoms with Crippen LogP contribution in [0, 0.1) is 0 Å². The molecule has 0 amide bonds. The molecule has 0 radical (unpaired) electrons. The Kier molecular flexibility index (Phi) is 4.06. The second kappa shape index (κ2) is 4.36. The molecular formula is C5H9O7P. The number of rotatable bonds is 3. The van der Waals surface area contributed by atoms with Gasteiger partial charge in [0.2, 0.25) is 0 Å². The molecule has 0 aromatic rings. The number of carbonyl (C=O) groups is 2. The summed E-state index contributed by atoms with van der Waals surface area (Å²) in [6.45, 7) is 0.922. The zero-order valence-electron chi connectivity index (χ0n) is 6.96. The van der Waals surface area contributed by atoms with Gasteiger partial charge in [0.15, 0.2) is 0 Å². The van der Waals surface area contributed by atoms with Gasteiger partial charge in [-0.1, -0.05) is 0 Å². The fourth-order valence-electron chi connectivity index (χ4n) is 0.512. The van der Waals surface area contributed by atoms with E-state index >= 15 is 0 Å². The molecular weight excluding hydrogens is 203 g/mol. The van der Waals surface area contributed by atoms with E-state index in [1.165, 1.54) is 0 Å². The lowest BCUT2D eigenvalue weighted by atomic mass is 10.7. The molecule has 76 valence electrons. The molecule has 0 fully saturated rings. The summed E-state index contributed by atoms with van der Waals surface area (Å²) < 4.78 is 18.7. The Labute approximate surface area is 73.8 Å². The highest BCUT2D eigenvalue weighted by molar-refractivity contribution is 7.53. The lowest BCUT2D eigenvalue weighted by molar-refractivity contribution is -0.159. The highest BCUT2D eigenvalue weighted by Gasteiger charge is 2.39. The maximum absolute atomic E-state index is 10.7. The van der Waals surface area contributed by atoms with E-state index < -0.39 is 25.4 Å². The number of methoxy groups -OCH3 is 1. The third kappa shape index (κ3) is 4.02. The standard InChI is InChI=1S/C5H9O7P/c1-3(6)12-5(4(7)11-2)13(8,9)10/h5H,1-2H3,(H2,8,9,10). The van der Waals surface area contributed by atoms with Crippen molar-refractivity contribution in [2.75, 3.05) is 7.11 Å². The van der Waals surface area contributed by atoms with Crippen molar-refractivity contribution in [2.24, 2.45) is 0 Å². The van der Waals surface area contributed by atoms with Crippen LogP contribution in [0.3, 0.4) is 0 Å². The Balaban J connectivity index is 4.66. The molecule has 0 rings (SSSR count). The summed E-state index contributed by atoms with van der Waals surface area (Å²) in [7, 11) is -3.89. The molecule has 0 saturated carbocycles. The molecule has 1 atom stereocenters. The van der Waals surface area contributed by atoms with Crippen molar-refractivity contribution in [1.82, 2.24) is 0 Å². The molecule has 0 aliphatic rings. The van der Waals surface area contributed by atoms with Gasteiger partial charge in [0, 0.05) is 6.92 Å². The van der Waals surface area contributed by atoms with Crippen LogP contribution in [-0.4, -0.2) is 34.7 Å². The van der Waals surface area contributed by atoms with E-state index in [1.807, 2.05) is 0 Å². The van der Waals surface area contributed by atoms with E-state index in [4.69, 9.17) is 9.79 Å². The molecule has 1 unspecified atom stereocenters. The Morgan fingerprint density at radius 1 is 1.38 bits per heavy atom. The number of carbonyl (C=O) groups excluding carboxylic acids is 2. The largest absolute Gasteiger partial charge is 0.466 e. The van der Waals surface area contributed by atoms with Crippen LogP contribution in [0.25, 0.3) is 0 Å². The van der Waals surface area contributed by atoms with Gasteiger partial charge in [-0.2, -0.15) is 0 Å². The molecule has 0 saturated heterocycles. The molecule has 0 aromatic heterocycles. The van der Waals surface area contributed by atoms with Gasteiger partial charge in [0.05, 0.1) is 7.11 Å². The fraction of sp³-hybridized carbons (Fsp3) is 0.600. The van der Waals surface area contributed by atoms with E-state index in [0.717, 1.165) is 14.0 Å². The van der Waals surface area contributed by atoms with Crippen molar-refractivity contribution < 1.29 is 33.4 Å². The fourth-order valence-corrected chi connectivity index (χ4v) is 1.18. The minimum atomic E-state index is -4.82. The monoisotopic (exact) mass is 212 g/mol. The van der Waals surface area contributed by atoms with Crippen LogP contribution >= 0.6 is 7.60 Å². The van der Waals surface area contributed by atoms with Gasteiger partial charge in [-0.05, 0) is 0 Å². The Bertz CT molecular complexity index is 254. The Hall–Kier alpha value is -0.910. The summed E-state index contributed by atoms with van der Waals surface area (Å²) in [5.74, 6) is -4.43. The number of hydrogen-bond acceptors (Lipinski definition) is 5. The number of esters is 2. The molecule has 8 heteroatoms. The first-order valence-electron chi connectivity index (χ1n) is 3.09. The van der Waals surface area contributed by atoms with E-state index in [2.05, 4.69) is 9.47 Å². The van der Waals surface area contributed by atoms with Crippen LogP contribution in [0.15, 0.2) is 0 Å². The first-order valence-corrected chi connectivity index (χ1v) is 4.77. The third-order valence-electron chi connectivity index (χ3n) is 0.986. The van der Waals surface area contributed by atoms with Crippen LogP contribution in [-0.2, 0) is 23.6 Å². The molecule has 2 N–H and O–H groups in total. The van der Waals surface area contributed by atoms with Crippen molar-refractivity contribution in [3.63, 3.8) is 0 Å². The summed E-state index contributed by atoms with van der Waals surface area (Å²) >= 11 is 0. The van der Waals surface area contributed by atoms with Crippen molar-refractivity contribution in [1.29, 1.82) is 0 Å². The lowest BCUT2D eigenvalue weighted by Gasteiger charge is -2.15. The van der Waals surface area contributed by atoms with Gasteiger partial charge in [-0.15, -0.1) is 0 Å². The first kappa shape index (κ1) is 12.1. The molecule has 13 heavy (non-hydrogen) atoms. The van der Waals surface area contributed by atoms with Crippen LogP contribution in [0.2, 0.25) is 0 Å². The Morgan fingerprint density at radius 2 is 1.85 bits per heavy atom. The maximum atomic E-state index is 10.7. The smallest absolute Gasteiger partial charge is 0.377 e. The molecule has 0 heterocycles. The van der Waals surface area contributed by atoms with Gasteiger partial charge >= 0.3 is 19.5 Å². The molecule has 0 aliphatic heterocycles. The molecule has 0 aromatic carbocycles. The number of ether oxygens (including phenoxy) is 2. The minimum absolute atomic E-state index is 0.922. The van der Waals surface area contributed by atoms with Gasteiger partial charge < -0.3 is 19.3 Å². The third-order valence-corrected chi connectivity index (χ3v) is 1.91. The van der Waals surface area contributed by atoms with Crippen LogP contribution in [0.5, 0.6) is 0 Å². The topological polar surface area (TPSA) is 110 Å². The van der Waals surface area contributed by atoms with Crippen LogP contribution < -0.4 is 0 Å². The van der Waals surface area contributed by atoms with Gasteiger partial charge in [0.1, 0.15) is 0 Å². The highest BCUT2D eigenvalue weighted by atomic mass is 31.2. The van der Waals surface area contributed by atoms with Crippen molar-refractivity contribution in [2.45, 2.75) is 12.8 Å². The predicted octanol–water partition coefficient (Wildman–Crippen LogP) is -0.774. The molecule has 0 spiro atoms. The second-order valence-corrected chi connectivity index (χ2v) is 3.72. The zero-order chi connectivity index (χ0) is 10.6. The zero-order valence-corrected chi connectivity index (χ0v) is 7.85. The average Bonchev–Trinajstić information content (AvgIpc) is 1.96. The predicted molar refractivity (Wildman–Crippen MR) is 39.6 cm³/mol. The lowest BCUT2D eigenvalue weighted by Crippen LogP contribution is -2.27. The summed E-state index contributed by atoms with van der Waals surface area (Å²) in [5, 5.41) is 0. The van der Waals surface area contributed by atoms with Gasteiger partial charge in [-0.3, -0.25) is 9.36 Å². The number of hydrogen-bond donors (Lipinski definition) is 2. The van der Waals surface area contributed by atoms with Crippen molar-refractivity contribution in [3.8, 4) is 0 Å². The molecule has 7 nitrogen and oxygen atoms in total. The van der Waals surface area contributed by atoms with Crippen molar-refractivity contribution >= 4 is 19.5 Å². The summed E-state index contributed by atoms with van der Waals surface area (Å²) in [6, 6.07) is 0. The van der Waals surface area contributed by atoms with Gasteiger partial charge in [-0.25, -0.2) is 4.79 Å².